The highest BCUT2D eigenvalue weighted by Gasteiger charge is 2.23. The van der Waals surface area contributed by atoms with E-state index in [2.05, 4.69) is 5.10 Å². The van der Waals surface area contributed by atoms with Crippen molar-refractivity contribution in [3.63, 3.8) is 0 Å². The second-order valence-corrected chi connectivity index (χ2v) is 6.72. The molecule has 0 unspecified atom stereocenters. The molecule has 0 saturated heterocycles. The Morgan fingerprint density at radius 1 is 1.20 bits per heavy atom. The largest absolute Gasteiger partial charge is 0.305 e. The predicted octanol–water partition coefficient (Wildman–Crippen LogP) is 4.40. The fraction of sp³-hybridized carbons (Fsp3) is 0.125. The number of aromatic nitrogens is 3. The van der Waals surface area contributed by atoms with Gasteiger partial charge in [0.15, 0.2) is 0 Å². The molecule has 0 fully saturated rings. The molecule has 0 atom stereocenters. The minimum Gasteiger partial charge on any atom is -0.305 e. The first kappa shape index (κ1) is 18.0. The number of rotatable bonds is 3. The van der Waals surface area contributed by atoms with Crippen LogP contribution in [-0.4, -0.2) is 14.3 Å². The molecule has 0 bridgehead atoms. The lowest BCUT2D eigenvalue weighted by molar-refractivity contribution is 0.544. The van der Waals surface area contributed by atoms with Crippen molar-refractivity contribution in [2.45, 2.75) is 13.5 Å². The minimum atomic E-state index is -1.11. The highest BCUT2D eigenvalue weighted by Crippen LogP contribution is 2.32. The molecule has 0 radical (unpaired) electrons. The van der Waals surface area contributed by atoms with Crippen LogP contribution in [-0.2, 0) is 6.54 Å². The maximum atomic E-state index is 14.4. The highest BCUT2D eigenvalue weighted by molar-refractivity contribution is 14.1. The summed E-state index contributed by atoms with van der Waals surface area (Å²) in [6, 6.07) is 2.59. The van der Waals surface area contributed by atoms with Crippen LogP contribution in [0.3, 0.4) is 0 Å². The van der Waals surface area contributed by atoms with Crippen molar-refractivity contribution in [1.82, 2.24) is 14.3 Å². The Bertz CT molecular complexity index is 1010. The van der Waals surface area contributed by atoms with E-state index in [1.807, 2.05) is 22.6 Å². The number of hydrogen-bond acceptors (Lipinski definition) is 2. The number of nitrogens with zero attached hydrogens (tertiary/aromatic N) is 3. The minimum absolute atomic E-state index is 0.0392. The zero-order valence-electron chi connectivity index (χ0n) is 12.7. The predicted molar refractivity (Wildman–Crippen MR) is 96.5 cm³/mol. The molecule has 25 heavy (non-hydrogen) atoms. The summed E-state index contributed by atoms with van der Waals surface area (Å²) in [7, 11) is 0. The number of hydrogen-bond donors (Lipinski definition) is 0. The van der Waals surface area contributed by atoms with Gasteiger partial charge >= 0.3 is 0 Å². The van der Waals surface area contributed by atoms with Crippen LogP contribution in [0.1, 0.15) is 6.92 Å². The highest BCUT2D eigenvalue weighted by atomic mass is 127. The average molecular weight is 480 g/mol. The van der Waals surface area contributed by atoms with Crippen molar-refractivity contribution in [3.8, 4) is 16.9 Å². The molecule has 2 aromatic heterocycles. The molecule has 1 aromatic carbocycles. The molecule has 130 valence electrons. The van der Waals surface area contributed by atoms with Crippen molar-refractivity contribution in [3.05, 3.63) is 67.0 Å². The second kappa shape index (κ2) is 6.83. The number of halogens is 5. The van der Waals surface area contributed by atoms with Gasteiger partial charge in [-0.3, -0.25) is 4.79 Å². The van der Waals surface area contributed by atoms with E-state index in [1.165, 1.54) is 27.7 Å². The zero-order valence-corrected chi connectivity index (χ0v) is 15.6. The summed E-state index contributed by atoms with van der Waals surface area (Å²) < 4.78 is 44.9. The summed E-state index contributed by atoms with van der Waals surface area (Å²) in [6.45, 7) is 1.82. The SMILES string of the molecule is CCn1c(-c2c(F)cc(F)cc2F)c(-n2cc(Cl)cn2)cc(I)c1=O. The van der Waals surface area contributed by atoms with Gasteiger partial charge in [0.2, 0.25) is 0 Å². The molecular formula is C16H10ClF3IN3O. The van der Waals surface area contributed by atoms with E-state index in [0.29, 0.717) is 20.7 Å². The van der Waals surface area contributed by atoms with Crippen molar-refractivity contribution < 1.29 is 13.2 Å². The molecule has 2 heterocycles. The van der Waals surface area contributed by atoms with E-state index in [0.717, 1.165) is 0 Å². The van der Waals surface area contributed by atoms with Crippen LogP contribution in [0.2, 0.25) is 5.02 Å². The number of pyridine rings is 1. The molecule has 3 aromatic rings. The lowest BCUT2D eigenvalue weighted by atomic mass is 10.1. The van der Waals surface area contributed by atoms with Crippen molar-refractivity contribution in [2.24, 2.45) is 0 Å². The lowest BCUT2D eigenvalue weighted by Gasteiger charge is -2.18. The van der Waals surface area contributed by atoms with Crippen LogP contribution in [0.4, 0.5) is 13.2 Å². The molecule has 4 nitrogen and oxygen atoms in total. The van der Waals surface area contributed by atoms with E-state index in [-0.39, 0.29) is 17.9 Å². The Labute approximate surface area is 159 Å². The summed E-state index contributed by atoms with van der Waals surface area (Å²) in [5.41, 5.74) is -0.702. The molecular weight excluding hydrogens is 470 g/mol. The van der Waals surface area contributed by atoms with Gasteiger partial charge in [0.05, 0.1) is 31.7 Å². The Kier molecular flexibility index (Phi) is 4.92. The van der Waals surface area contributed by atoms with Gasteiger partial charge in [-0.2, -0.15) is 5.10 Å². The van der Waals surface area contributed by atoms with Gasteiger partial charge in [0.25, 0.3) is 5.56 Å². The Morgan fingerprint density at radius 3 is 2.36 bits per heavy atom. The van der Waals surface area contributed by atoms with Gasteiger partial charge in [0, 0.05) is 24.9 Å². The van der Waals surface area contributed by atoms with Crippen molar-refractivity contribution in [1.29, 1.82) is 0 Å². The van der Waals surface area contributed by atoms with Crippen LogP contribution < -0.4 is 5.56 Å². The molecule has 3 rings (SSSR count). The maximum Gasteiger partial charge on any atom is 0.264 e. The first-order chi connectivity index (χ1) is 11.8. The Balaban J connectivity index is 2.47. The fourth-order valence-corrected chi connectivity index (χ4v) is 3.28. The van der Waals surface area contributed by atoms with Gasteiger partial charge in [-0.1, -0.05) is 11.6 Å². The molecule has 0 spiro atoms. The average Bonchev–Trinajstić information content (AvgIpc) is 2.96. The second-order valence-electron chi connectivity index (χ2n) is 5.12. The Morgan fingerprint density at radius 2 is 1.84 bits per heavy atom. The summed E-state index contributed by atoms with van der Waals surface area (Å²) in [4.78, 5) is 12.5. The van der Waals surface area contributed by atoms with Gasteiger partial charge in [-0.05, 0) is 35.6 Å². The van der Waals surface area contributed by atoms with Crippen LogP contribution in [0, 0.1) is 21.0 Å². The van der Waals surface area contributed by atoms with Crippen molar-refractivity contribution >= 4 is 34.2 Å². The molecule has 0 amide bonds. The molecule has 0 aliphatic carbocycles. The van der Waals surface area contributed by atoms with E-state index >= 15 is 0 Å². The zero-order chi connectivity index (χ0) is 18.3. The summed E-state index contributed by atoms with van der Waals surface area (Å²) >= 11 is 7.72. The first-order valence-corrected chi connectivity index (χ1v) is 8.58. The molecule has 0 N–H and O–H groups in total. The van der Waals surface area contributed by atoms with Crippen LogP contribution >= 0.6 is 34.2 Å². The van der Waals surface area contributed by atoms with Crippen molar-refractivity contribution in [2.75, 3.05) is 0 Å². The normalized spacial score (nSPS) is 11.1. The molecule has 0 aliphatic heterocycles. The summed E-state index contributed by atoms with van der Waals surface area (Å²) in [5.74, 6) is -3.27. The van der Waals surface area contributed by atoms with Gasteiger partial charge < -0.3 is 4.57 Å². The van der Waals surface area contributed by atoms with E-state index in [4.69, 9.17) is 11.6 Å². The molecule has 9 heteroatoms. The smallest absolute Gasteiger partial charge is 0.264 e. The van der Waals surface area contributed by atoms with E-state index in [9.17, 15) is 18.0 Å². The fourth-order valence-electron chi connectivity index (χ4n) is 2.56. The molecule has 0 saturated carbocycles. The van der Waals surface area contributed by atoms with Crippen LogP contribution in [0.15, 0.2) is 35.4 Å². The van der Waals surface area contributed by atoms with Crippen LogP contribution in [0.5, 0.6) is 0 Å². The maximum absolute atomic E-state index is 14.4. The topological polar surface area (TPSA) is 39.8 Å². The molecule has 0 aliphatic rings. The van der Waals surface area contributed by atoms with E-state index < -0.39 is 28.6 Å². The lowest BCUT2D eigenvalue weighted by Crippen LogP contribution is -2.26. The standard InChI is InChI=1S/C16H10ClF3IN3O/c1-2-23-15(14-10(19)3-9(18)4-11(14)20)13(5-12(21)16(23)25)24-7-8(17)6-22-24/h3-7H,2H2,1H3. The van der Waals surface area contributed by atoms with Gasteiger partial charge in [-0.15, -0.1) is 0 Å². The number of benzene rings is 1. The van der Waals surface area contributed by atoms with Crippen LogP contribution in [0.25, 0.3) is 16.9 Å². The third kappa shape index (κ3) is 3.20. The summed E-state index contributed by atoms with van der Waals surface area (Å²) in [5, 5.41) is 4.36. The monoisotopic (exact) mass is 479 g/mol. The van der Waals surface area contributed by atoms with Gasteiger partial charge in [0.1, 0.15) is 17.5 Å². The van der Waals surface area contributed by atoms with E-state index in [1.54, 1.807) is 6.92 Å². The summed E-state index contributed by atoms with van der Waals surface area (Å²) in [6.07, 6.45) is 2.80. The third-order valence-electron chi connectivity index (χ3n) is 3.58. The quantitative estimate of drug-likeness (QED) is 0.523. The Hall–Kier alpha value is -1.81. The first-order valence-electron chi connectivity index (χ1n) is 7.12. The third-order valence-corrected chi connectivity index (χ3v) is 4.55. The van der Waals surface area contributed by atoms with Gasteiger partial charge in [-0.25, -0.2) is 17.9 Å².